The van der Waals surface area contributed by atoms with Crippen LogP contribution in [0.15, 0.2) is 36.4 Å². The molecule has 1 aromatic carbocycles. The van der Waals surface area contributed by atoms with Crippen LogP contribution < -0.4 is 0 Å². The monoisotopic (exact) mass is 271 g/mol. The molecule has 20 heavy (non-hydrogen) atoms. The molecule has 0 aliphatic rings. The van der Waals surface area contributed by atoms with Gasteiger partial charge in [0.15, 0.2) is 0 Å². The minimum Gasteiger partial charge on any atom is -0.267 e. The van der Waals surface area contributed by atoms with Crippen molar-refractivity contribution in [1.82, 2.24) is 9.78 Å². The van der Waals surface area contributed by atoms with Gasteiger partial charge in [0.25, 0.3) is 11.6 Å². The number of nitrogens with zero attached hydrogens (tertiary/aromatic N) is 3. The normalized spacial score (nSPS) is 10.9. The zero-order chi connectivity index (χ0) is 14.7. The summed E-state index contributed by atoms with van der Waals surface area (Å²) in [5, 5.41) is 14.6. The smallest absolute Gasteiger partial charge is 0.267 e. The van der Waals surface area contributed by atoms with E-state index < -0.39 is 4.92 Å². The summed E-state index contributed by atoms with van der Waals surface area (Å²) in [7, 11) is 0. The molecule has 6 heteroatoms. The molecule has 102 valence electrons. The summed E-state index contributed by atoms with van der Waals surface area (Å²) in [6, 6.07) is 7.78. The Balaban J connectivity index is 2.15. The number of nitro benzene ring substituents is 1. The fourth-order valence-corrected chi connectivity index (χ4v) is 1.80. The van der Waals surface area contributed by atoms with Crippen molar-refractivity contribution in [2.75, 3.05) is 0 Å². The highest BCUT2D eigenvalue weighted by Crippen LogP contribution is 2.13. The van der Waals surface area contributed by atoms with Crippen LogP contribution in [0.2, 0.25) is 0 Å². The predicted octanol–water partition coefficient (Wildman–Crippen LogP) is 2.76. The van der Waals surface area contributed by atoms with E-state index in [4.69, 9.17) is 0 Å². The van der Waals surface area contributed by atoms with Gasteiger partial charge in [-0.2, -0.15) is 5.10 Å². The molecule has 0 saturated carbocycles. The second kappa shape index (κ2) is 5.48. The standard InChI is InChI=1S/C14H13N3O3/c1-10-9-11(2)16(15-10)14(18)8-5-12-3-6-13(7-4-12)17(19)20/h3-9H,1-2H3/b8-5+. The molecule has 0 bridgehead atoms. The lowest BCUT2D eigenvalue weighted by molar-refractivity contribution is -0.384. The molecule has 6 nitrogen and oxygen atoms in total. The number of carbonyl (C=O) groups is 1. The summed E-state index contributed by atoms with van der Waals surface area (Å²) in [6.45, 7) is 3.62. The third-order valence-corrected chi connectivity index (χ3v) is 2.74. The maximum absolute atomic E-state index is 11.9. The number of hydrogen-bond donors (Lipinski definition) is 0. The van der Waals surface area contributed by atoms with Gasteiger partial charge in [-0.1, -0.05) is 0 Å². The number of benzene rings is 1. The van der Waals surface area contributed by atoms with E-state index in [0.717, 1.165) is 11.4 Å². The van der Waals surface area contributed by atoms with Crippen molar-refractivity contribution in [3.05, 3.63) is 63.5 Å². The fourth-order valence-electron chi connectivity index (χ4n) is 1.80. The largest absolute Gasteiger partial charge is 0.271 e. The molecule has 0 aliphatic carbocycles. The average molecular weight is 271 g/mol. The summed E-state index contributed by atoms with van der Waals surface area (Å²) < 4.78 is 1.32. The van der Waals surface area contributed by atoms with Crippen LogP contribution in [0, 0.1) is 24.0 Å². The van der Waals surface area contributed by atoms with Crippen LogP contribution in [0.25, 0.3) is 6.08 Å². The van der Waals surface area contributed by atoms with Gasteiger partial charge >= 0.3 is 0 Å². The number of nitro groups is 1. The Labute approximate surface area is 115 Å². The first-order valence-corrected chi connectivity index (χ1v) is 5.97. The van der Waals surface area contributed by atoms with Gasteiger partial charge in [0.1, 0.15) is 0 Å². The van der Waals surface area contributed by atoms with Gasteiger partial charge in [0.2, 0.25) is 0 Å². The Morgan fingerprint density at radius 2 is 1.95 bits per heavy atom. The van der Waals surface area contributed by atoms with Crippen molar-refractivity contribution < 1.29 is 9.72 Å². The summed E-state index contributed by atoms with van der Waals surface area (Å²) in [4.78, 5) is 22.0. The Morgan fingerprint density at radius 3 is 2.45 bits per heavy atom. The summed E-state index contributed by atoms with van der Waals surface area (Å²) >= 11 is 0. The lowest BCUT2D eigenvalue weighted by Gasteiger charge is -1.98. The van der Waals surface area contributed by atoms with E-state index in [1.807, 2.05) is 13.0 Å². The molecular formula is C14H13N3O3. The van der Waals surface area contributed by atoms with Crippen molar-refractivity contribution in [2.45, 2.75) is 13.8 Å². The second-order valence-corrected chi connectivity index (χ2v) is 4.36. The Morgan fingerprint density at radius 1 is 1.30 bits per heavy atom. The number of aryl methyl sites for hydroxylation is 2. The minimum atomic E-state index is -0.464. The van der Waals surface area contributed by atoms with Gasteiger partial charge < -0.3 is 0 Å². The van der Waals surface area contributed by atoms with Crippen LogP contribution in [0.5, 0.6) is 0 Å². The van der Waals surface area contributed by atoms with Gasteiger partial charge in [-0.05, 0) is 43.7 Å². The molecule has 0 radical (unpaired) electrons. The lowest BCUT2D eigenvalue weighted by atomic mass is 10.2. The first kappa shape index (κ1) is 13.7. The highest BCUT2D eigenvalue weighted by atomic mass is 16.6. The molecule has 2 aromatic rings. The van der Waals surface area contributed by atoms with Crippen LogP contribution in [0.4, 0.5) is 5.69 Å². The molecule has 0 saturated heterocycles. The fraction of sp³-hybridized carbons (Fsp3) is 0.143. The quantitative estimate of drug-likeness (QED) is 0.488. The SMILES string of the molecule is Cc1cc(C)n(C(=O)/C=C/c2ccc([N+](=O)[O-])cc2)n1. The first-order valence-electron chi connectivity index (χ1n) is 5.97. The molecule has 2 rings (SSSR count). The third-order valence-electron chi connectivity index (χ3n) is 2.74. The van der Waals surface area contributed by atoms with E-state index in [1.54, 1.807) is 25.1 Å². The first-order chi connectivity index (χ1) is 9.47. The molecule has 0 fully saturated rings. The molecule has 0 atom stereocenters. The third kappa shape index (κ3) is 2.97. The molecule has 0 unspecified atom stereocenters. The van der Waals surface area contributed by atoms with Crippen LogP contribution >= 0.6 is 0 Å². The van der Waals surface area contributed by atoms with Crippen LogP contribution in [0.3, 0.4) is 0 Å². The van der Waals surface area contributed by atoms with Gasteiger partial charge in [-0.15, -0.1) is 0 Å². The van der Waals surface area contributed by atoms with E-state index in [1.165, 1.54) is 22.9 Å². The minimum absolute atomic E-state index is 0.0204. The maximum atomic E-state index is 11.9. The summed E-state index contributed by atoms with van der Waals surface area (Å²) in [5.74, 6) is -0.256. The Kier molecular flexibility index (Phi) is 3.74. The number of non-ortho nitro benzene ring substituents is 1. The van der Waals surface area contributed by atoms with E-state index >= 15 is 0 Å². The molecule has 1 aromatic heterocycles. The van der Waals surface area contributed by atoms with Gasteiger partial charge in [-0.25, -0.2) is 4.68 Å². The number of carbonyl (C=O) groups excluding carboxylic acids is 1. The van der Waals surface area contributed by atoms with E-state index in [2.05, 4.69) is 5.10 Å². The Hall–Kier alpha value is -2.76. The van der Waals surface area contributed by atoms with E-state index in [-0.39, 0.29) is 11.6 Å². The van der Waals surface area contributed by atoms with E-state index in [9.17, 15) is 14.9 Å². The van der Waals surface area contributed by atoms with Crippen LogP contribution in [-0.2, 0) is 0 Å². The zero-order valence-electron chi connectivity index (χ0n) is 11.1. The van der Waals surface area contributed by atoms with Crippen molar-refractivity contribution in [2.24, 2.45) is 0 Å². The van der Waals surface area contributed by atoms with Crippen molar-refractivity contribution in [3.8, 4) is 0 Å². The summed E-state index contributed by atoms with van der Waals surface area (Å²) in [5.41, 5.74) is 2.28. The topological polar surface area (TPSA) is 78.0 Å². The molecule has 0 aliphatic heterocycles. The number of hydrogen-bond acceptors (Lipinski definition) is 4. The molecule has 1 heterocycles. The second-order valence-electron chi connectivity index (χ2n) is 4.36. The van der Waals surface area contributed by atoms with Gasteiger partial charge in [-0.3, -0.25) is 14.9 Å². The van der Waals surface area contributed by atoms with E-state index in [0.29, 0.717) is 5.56 Å². The predicted molar refractivity (Wildman–Crippen MR) is 74.5 cm³/mol. The van der Waals surface area contributed by atoms with Gasteiger partial charge in [0.05, 0.1) is 10.6 Å². The highest BCUT2D eigenvalue weighted by molar-refractivity contribution is 5.93. The maximum Gasteiger partial charge on any atom is 0.271 e. The molecule has 0 N–H and O–H groups in total. The average Bonchev–Trinajstić information content (AvgIpc) is 2.75. The van der Waals surface area contributed by atoms with Gasteiger partial charge in [0, 0.05) is 23.9 Å². The van der Waals surface area contributed by atoms with Crippen molar-refractivity contribution in [1.29, 1.82) is 0 Å². The van der Waals surface area contributed by atoms with Crippen LogP contribution in [0.1, 0.15) is 21.7 Å². The number of allylic oxidation sites excluding steroid dienone is 1. The highest BCUT2D eigenvalue weighted by Gasteiger charge is 2.07. The molecular weight excluding hydrogens is 258 g/mol. The summed E-state index contributed by atoms with van der Waals surface area (Å²) in [6.07, 6.45) is 2.99. The van der Waals surface area contributed by atoms with Crippen molar-refractivity contribution >= 4 is 17.7 Å². The number of aromatic nitrogens is 2. The van der Waals surface area contributed by atoms with Crippen molar-refractivity contribution in [3.63, 3.8) is 0 Å². The zero-order valence-corrected chi connectivity index (χ0v) is 11.1. The molecule has 0 spiro atoms. The molecule has 0 amide bonds. The number of rotatable bonds is 3. The Bertz CT molecular complexity index is 684. The lowest BCUT2D eigenvalue weighted by Crippen LogP contribution is -2.10. The van der Waals surface area contributed by atoms with Crippen LogP contribution in [-0.4, -0.2) is 20.6 Å².